The normalized spacial score (nSPS) is 14.2. The van der Waals surface area contributed by atoms with Gasteiger partial charge in [-0.15, -0.1) is 11.3 Å². The molecule has 1 aromatic carbocycles. The summed E-state index contributed by atoms with van der Waals surface area (Å²) in [6.07, 6.45) is 3.95. The number of hydrogen-bond acceptors (Lipinski definition) is 5. The van der Waals surface area contributed by atoms with Crippen LogP contribution in [0.2, 0.25) is 0 Å². The summed E-state index contributed by atoms with van der Waals surface area (Å²) in [5.74, 6) is 1.26. The Bertz CT molecular complexity index is 1170. The summed E-state index contributed by atoms with van der Waals surface area (Å²) in [5.41, 5.74) is 6.53. The van der Waals surface area contributed by atoms with Crippen LogP contribution in [0.3, 0.4) is 0 Å². The molecular formula is C19H17N5OS. The molecule has 1 aliphatic carbocycles. The van der Waals surface area contributed by atoms with Gasteiger partial charge in [-0.1, -0.05) is 12.1 Å². The Balaban J connectivity index is 1.54. The number of nitrogens with zero attached hydrogens (tertiary/aromatic N) is 4. The van der Waals surface area contributed by atoms with Crippen LogP contribution in [0.4, 0.5) is 0 Å². The van der Waals surface area contributed by atoms with Crippen LogP contribution in [-0.2, 0) is 0 Å². The molecule has 0 bridgehead atoms. The molecule has 0 saturated heterocycles. The summed E-state index contributed by atoms with van der Waals surface area (Å²) in [7, 11) is 0. The van der Waals surface area contributed by atoms with Crippen molar-refractivity contribution in [1.29, 1.82) is 0 Å². The number of carbonyl (C=O) groups is 1. The first kappa shape index (κ1) is 15.5. The Morgan fingerprint density at radius 1 is 1.23 bits per heavy atom. The van der Waals surface area contributed by atoms with Gasteiger partial charge in [0, 0.05) is 11.3 Å². The second-order valence-corrected chi connectivity index (χ2v) is 7.72. The Morgan fingerprint density at radius 3 is 2.85 bits per heavy atom. The van der Waals surface area contributed by atoms with Crippen LogP contribution in [0.1, 0.15) is 45.5 Å². The number of fused-ring (bicyclic) bond motifs is 2. The van der Waals surface area contributed by atoms with Crippen molar-refractivity contribution in [3.05, 3.63) is 52.6 Å². The van der Waals surface area contributed by atoms with E-state index in [-0.39, 0.29) is 5.91 Å². The van der Waals surface area contributed by atoms with E-state index in [1.54, 1.807) is 11.0 Å². The van der Waals surface area contributed by atoms with Gasteiger partial charge >= 0.3 is 0 Å². The van der Waals surface area contributed by atoms with Crippen molar-refractivity contribution >= 4 is 38.5 Å². The van der Waals surface area contributed by atoms with Crippen molar-refractivity contribution in [2.24, 2.45) is 0 Å². The van der Waals surface area contributed by atoms with Gasteiger partial charge in [-0.2, -0.15) is 0 Å². The summed E-state index contributed by atoms with van der Waals surface area (Å²) in [4.78, 5) is 28.2. The first-order chi connectivity index (χ1) is 12.6. The van der Waals surface area contributed by atoms with Crippen LogP contribution in [0.25, 0.3) is 21.3 Å². The molecule has 0 aliphatic heterocycles. The van der Waals surface area contributed by atoms with E-state index < -0.39 is 0 Å². The molecule has 3 heterocycles. The number of rotatable bonds is 3. The second-order valence-electron chi connectivity index (χ2n) is 6.72. The van der Waals surface area contributed by atoms with Gasteiger partial charge in [-0.25, -0.2) is 19.6 Å². The highest BCUT2D eigenvalue weighted by molar-refractivity contribution is 7.20. The molecule has 4 aromatic rings. The lowest BCUT2D eigenvalue weighted by molar-refractivity contribution is 0.101. The molecule has 26 heavy (non-hydrogen) atoms. The largest absolute Gasteiger partial charge is 0.280 e. The van der Waals surface area contributed by atoms with E-state index in [1.807, 2.05) is 38.1 Å². The van der Waals surface area contributed by atoms with E-state index in [0.29, 0.717) is 10.8 Å². The van der Waals surface area contributed by atoms with Crippen LogP contribution >= 0.6 is 11.3 Å². The summed E-state index contributed by atoms with van der Waals surface area (Å²) in [6.45, 7) is 3.97. The van der Waals surface area contributed by atoms with Gasteiger partial charge in [0.2, 0.25) is 0 Å². The van der Waals surface area contributed by atoms with Gasteiger partial charge in [-0.3, -0.25) is 10.2 Å². The van der Waals surface area contributed by atoms with Crippen LogP contribution in [-0.4, -0.2) is 25.5 Å². The zero-order valence-electron chi connectivity index (χ0n) is 14.5. The minimum absolute atomic E-state index is 0.152. The van der Waals surface area contributed by atoms with E-state index in [0.717, 1.165) is 51.2 Å². The minimum Gasteiger partial charge on any atom is -0.266 e. The zero-order chi connectivity index (χ0) is 17.8. The lowest BCUT2D eigenvalue weighted by Gasteiger charge is -2.06. The van der Waals surface area contributed by atoms with Crippen LogP contribution in [0.15, 0.2) is 30.6 Å². The maximum atomic E-state index is 12.9. The number of nitrogens with one attached hydrogen (secondary N) is 1. The van der Waals surface area contributed by atoms with Gasteiger partial charge in [-0.05, 0) is 44.4 Å². The van der Waals surface area contributed by atoms with Gasteiger partial charge in [0.05, 0.1) is 21.6 Å². The smallest absolute Gasteiger partial charge is 0.266 e. The maximum Gasteiger partial charge on any atom is 0.280 e. The third kappa shape index (κ3) is 2.39. The lowest BCUT2D eigenvalue weighted by Crippen LogP contribution is -2.21. The van der Waals surface area contributed by atoms with Crippen LogP contribution in [0.5, 0.6) is 0 Å². The molecule has 1 aliphatic rings. The van der Waals surface area contributed by atoms with Gasteiger partial charge in [0.15, 0.2) is 0 Å². The average molecular weight is 363 g/mol. The van der Waals surface area contributed by atoms with E-state index in [2.05, 4.69) is 15.4 Å². The molecule has 6 nitrogen and oxygen atoms in total. The third-order valence-electron chi connectivity index (χ3n) is 4.81. The molecule has 0 unspecified atom stereocenters. The molecule has 0 atom stereocenters. The lowest BCUT2D eigenvalue weighted by atomic mass is 10.1. The quantitative estimate of drug-likeness (QED) is 0.599. The first-order valence-corrected chi connectivity index (χ1v) is 9.44. The molecule has 0 radical (unpaired) electrons. The molecule has 5 rings (SSSR count). The molecule has 1 saturated carbocycles. The highest BCUT2D eigenvalue weighted by atomic mass is 32.1. The Kier molecular flexibility index (Phi) is 3.33. The number of aryl methyl sites for hydroxylation is 2. The van der Waals surface area contributed by atoms with E-state index in [9.17, 15) is 4.79 Å². The Labute approximate surface area is 153 Å². The van der Waals surface area contributed by atoms with Gasteiger partial charge in [0.25, 0.3) is 5.91 Å². The zero-order valence-corrected chi connectivity index (χ0v) is 15.3. The minimum atomic E-state index is -0.152. The number of para-hydroxylation sites is 2. The predicted octanol–water partition coefficient (Wildman–Crippen LogP) is 3.92. The molecule has 1 fully saturated rings. The SMILES string of the molecule is Cc1nc(C2CC2)nc2sc(C(=O)Nn3cnc4ccccc43)c(C)c12. The van der Waals surface area contributed by atoms with Crippen LogP contribution < -0.4 is 5.43 Å². The number of amides is 1. The molecule has 1 N–H and O–H groups in total. The van der Waals surface area contributed by atoms with Crippen LogP contribution in [0, 0.1) is 13.8 Å². The molecule has 0 spiro atoms. The fourth-order valence-electron chi connectivity index (χ4n) is 3.31. The average Bonchev–Trinajstić information content (AvgIpc) is 3.33. The number of benzene rings is 1. The van der Waals surface area contributed by atoms with Crippen molar-refractivity contribution < 1.29 is 4.79 Å². The van der Waals surface area contributed by atoms with E-state index in [4.69, 9.17) is 4.98 Å². The number of hydrogen-bond donors (Lipinski definition) is 1. The number of carbonyl (C=O) groups excluding carboxylic acids is 1. The standard InChI is InChI=1S/C19H17N5OS/c1-10-15-11(2)21-17(12-7-8-12)22-19(15)26-16(10)18(25)23-24-9-20-13-5-3-4-6-14(13)24/h3-6,9,12H,7-8H2,1-2H3,(H,23,25). The third-order valence-corrected chi connectivity index (χ3v) is 6.00. The van der Waals surface area contributed by atoms with E-state index in [1.165, 1.54) is 11.3 Å². The Hall–Kier alpha value is -2.80. The summed E-state index contributed by atoms with van der Waals surface area (Å²) in [5, 5.41) is 1.00. The summed E-state index contributed by atoms with van der Waals surface area (Å²) < 4.78 is 1.66. The Morgan fingerprint density at radius 2 is 2.04 bits per heavy atom. The summed E-state index contributed by atoms with van der Waals surface area (Å²) >= 11 is 1.44. The van der Waals surface area contributed by atoms with Gasteiger partial charge in [0.1, 0.15) is 17.0 Å². The highest BCUT2D eigenvalue weighted by Crippen LogP contribution is 2.40. The molecule has 3 aromatic heterocycles. The predicted molar refractivity (Wildman–Crippen MR) is 102 cm³/mol. The molecule has 7 heteroatoms. The topological polar surface area (TPSA) is 72.7 Å². The second kappa shape index (κ2) is 5.60. The monoisotopic (exact) mass is 363 g/mol. The number of imidazole rings is 1. The van der Waals surface area contributed by atoms with Crippen molar-refractivity contribution in [1.82, 2.24) is 19.6 Å². The van der Waals surface area contributed by atoms with Gasteiger partial charge < -0.3 is 0 Å². The first-order valence-electron chi connectivity index (χ1n) is 8.63. The number of thiophene rings is 1. The summed E-state index contributed by atoms with van der Waals surface area (Å²) in [6, 6.07) is 7.70. The fraction of sp³-hybridized carbons (Fsp3) is 0.263. The van der Waals surface area contributed by atoms with Crippen molar-refractivity contribution in [2.45, 2.75) is 32.6 Å². The number of aromatic nitrogens is 4. The van der Waals surface area contributed by atoms with Crippen molar-refractivity contribution in [3.8, 4) is 0 Å². The fourth-order valence-corrected chi connectivity index (χ4v) is 4.44. The molecular weight excluding hydrogens is 346 g/mol. The van der Waals surface area contributed by atoms with Crippen molar-refractivity contribution in [3.63, 3.8) is 0 Å². The molecule has 1 amide bonds. The highest BCUT2D eigenvalue weighted by Gasteiger charge is 2.28. The maximum absolute atomic E-state index is 12.9. The van der Waals surface area contributed by atoms with E-state index >= 15 is 0 Å². The molecule has 130 valence electrons. The van der Waals surface area contributed by atoms with Crippen molar-refractivity contribution in [2.75, 3.05) is 5.43 Å².